The van der Waals surface area contributed by atoms with Crippen LogP contribution in [-0.2, 0) is 20.8 Å². The highest BCUT2D eigenvalue weighted by molar-refractivity contribution is 7.15. The van der Waals surface area contributed by atoms with Crippen molar-refractivity contribution in [3.05, 3.63) is 40.4 Å². The molecule has 1 aromatic heterocycles. The minimum atomic E-state index is -0.610. The van der Waals surface area contributed by atoms with E-state index in [1.54, 1.807) is 13.3 Å². The van der Waals surface area contributed by atoms with Crippen LogP contribution in [0.5, 0.6) is 5.75 Å². The van der Waals surface area contributed by atoms with Gasteiger partial charge in [-0.15, -0.1) is 11.3 Å². The van der Waals surface area contributed by atoms with Gasteiger partial charge in [-0.2, -0.15) is 0 Å². The molecule has 180 valence electrons. The molecule has 0 aliphatic heterocycles. The number of hydrogen-bond acceptors (Lipinski definition) is 6. The first-order valence-corrected chi connectivity index (χ1v) is 13.1. The lowest BCUT2D eigenvalue weighted by Gasteiger charge is -2.50. The molecule has 6 atom stereocenters. The number of amides is 1. The normalized spacial score (nSPS) is 31.9. The molecule has 5 rings (SSSR count). The number of aryl methyl sites for hydroxylation is 2. The third-order valence-electron chi connectivity index (χ3n) is 8.69. The minimum absolute atomic E-state index is 0.0902. The Labute approximate surface area is 204 Å². The average molecular weight is 481 g/mol. The van der Waals surface area contributed by atoms with Gasteiger partial charge in [-0.3, -0.25) is 9.59 Å². The summed E-state index contributed by atoms with van der Waals surface area (Å²) < 4.78 is 5.43. The highest BCUT2D eigenvalue weighted by Crippen LogP contribution is 2.63. The summed E-state index contributed by atoms with van der Waals surface area (Å²) in [6.45, 7) is 4.03. The van der Waals surface area contributed by atoms with Crippen molar-refractivity contribution < 1.29 is 19.1 Å². The van der Waals surface area contributed by atoms with Crippen LogP contribution in [-0.4, -0.2) is 30.1 Å². The lowest BCUT2D eigenvalue weighted by atomic mass is 9.54. The van der Waals surface area contributed by atoms with Crippen molar-refractivity contribution in [1.29, 1.82) is 0 Å². The predicted octanol–water partition coefficient (Wildman–Crippen LogP) is 4.96. The fraction of sp³-hybridized carbons (Fsp3) is 0.556. The van der Waals surface area contributed by atoms with Crippen LogP contribution in [0.25, 0.3) is 0 Å². The van der Waals surface area contributed by atoms with E-state index in [9.17, 15) is 14.4 Å². The zero-order valence-electron chi connectivity index (χ0n) is 20.0. The number of aldehydes is 1. The van der Waals surface area contributed by atoms with E-state index in [2.05, 4.69) is 29.4 Å². The summed E-state index contributed by atoms with van der Waals surface area (Å²) in [4.78, 5) is 43.5. The summed E-state index contributed by atoms with van der Waals surface area (Å²) in [6.07, 6.45) is 7.15. The molecule has 1 heterocycles. The molecule has 2 fully saturated rings. The Morgan fingerprint density at radius 3 is 2.88 bits per heavy atom. The molecule has 0 spiro atoms. The van der Waals surface area contributed by atoms with Crippen LogP contribution < -0.4 is 10.1 Å². The Bertz CT molecular complexity index is 1130. The number of ketones is 1. The number of hydrogen-bond donors (Lipinski definition) is 1. The molecule has 2 saturated carbocycles. The average Bonchev–Trinajstić information content (AvgIpc) is 3.34. The maximum atomic E-state index is 13.5. The van der Waals surface area contributed by atoms with Crippen LogP contribution in [0.15, 0.2) is 24.4 Å². The number of thiazole rings is 1. The van der Waals surface area contributed by atoms with Gasteiger partial charge in [0.25, 0.3) is 0 Å². The third kappa shape index (κ3) is 3.78. The van der Waals surface area contributed by atoms with Crippen LogP contribution in [0.1, 0.15) is 60.9 Å². The number of rotatable bonds is 6. The summed E-state index contributed by atoms with van der Waals surface area (Å²) >= 11 is 1.45. The van der Waals surface area contributed by atoms with Gasteiger partial charge in [0.15, 0.2) is 5.13 Å². The van der Waals surface area contributed by atoms with Crippen molar-refractivity contribution in [2.75, 3.05) is 12.4 Å². The number of nitrogens with one attached hydrogen (secondary N) is 1. The molecule has 0 saturated heterocycles. The van der Waals surface area contributed by atoms with Crippen LogP contribution in [0.4, 0.5) is 5.13 Å². The zero-order valence-corrected chi connectivity index (χ0v) is 20.8. The number of ether oxygens (including phenoxy) is 1. The minimum Gasteiger partial charge on any atom is -0.497 e. The molecular weight excluding hydrogens is 448 g/mol. The summed E-state index contributed by atoms with van der Waals surface area (Å²) in [5, 5.41) is 3.47. The molecule has 34 heavy (non-hydrogen) atoms. The summed E-state index contributed by atoms with van der Waals surface area (Å²) in [5.74, 6) is 1.03. The van der Waals surface area contributed by atoms with Crippen LogP contribution in [0.3, 0.4) is 0 Å². The van der Waals surface area contributed by atoms with Gasteiger partial charge in [-0.25, -0.2) is 4.98 Å². The molecule has 7 heteroatoms. The van der Waals surface area contributed by atoms with E-state index in [1.807, 2.05) is 13.0 Å². The van der Waals surface area contributed by atoms with Crippen molar-refractivity contribution in [1.82, 2.24) is 4.98 Å². The van der Waals surface area contributed by atoms with Crippen LogP contribution in [0, 0.1) is 36.0 Å². The first-order chi connectivity index (χ1) is 16.4. The van der Waals surface area contributed by atoms with Crippen molar-refractivity contribution in [3.8, 4) is 5.75 Å². The van der Waals surface area contributed by atoms with E-state index in [1.165, 1.54) is 22.5 Å². The van der Waals surface area contributed by atoms with Gasteiger partial charge >= 0.3 is 0 Å². The van der Waals surface area contributed by atoms with Gasteiger partial charge in [0.05, 0.1) is 13.0 Å². The topological polar surface area (TPSA) is 85.4 Å². The van der Waals surface area contributed by atoms with Gasteiger partial charge in [0.2, 0.25) is 5.91 Å². The number of methoxy groups -OCH3 is 1. The summed E-state index contributed by atoms with van der Waals surface area (Å²) in [6, 6.07) is 6.38. The second kappa shape index (κ2) is 8.91. The Morgan fingerprint density at radius 1 is 1.35 bits per heavy atom. The second-order valence-corrected chi connectivity index (χ2v) is 11.6. The number of fused-ring (bicyclic) bond motifs is 5. The highest BCUT2D eigenvalue weighted by Gasteiger charge is 2.62. The number of aromatic nitrogens is 1. The molecular formula is C27H32N2O4S. The molecule has 2 aromatic rings. The molecule has 6 nitrogen and oxygen atoms in total. The molecule has 6 unspecified atom stereocenters. The van der Waals surface area contributed by atoms with Gasteiger partial charge in [0.1, 0.15) is 17.8 Å². The first-order valence-electron chi connectivity index (χ1n) is 12.2. The van der Waals surface area contributed by atoms with E-state index in [0.717, 1.165) is 42.6 Å². The monoisotopic (exact) mass is 480 g/mol. The van der Waals surface area contributed by atoms with Crippen molar-refractivity contribution in [3.63, 3.8) is 0 Å². The highest BCUT2D eigenvalue weighted by atomic mass is 32.1. The fourth-order valence-corrected chi connectivity index (χ4v) is 7.91. The zero-order chi connectivity index (χ0) is 24.0. The molecule has 3 aliphatic carbocycles. The lowest BCUT2D eigenvalue weighted by Crippen LogP contribution is -2.44. The van der Waals surface area contributed by atoms with Gasteiger partial charge in [0, 0.05) is 22.9 Å². The Balaban J connectivity index is 1.39. The summed E-state index contributed by atoms with van der Waals surface area (Å²) in [5.41, 5.74) is 2.23. The number of carbonyl (C=O) groups is 3. The maximum Gasteiger partial charge on any atom is 0.226 e. The number of benzene rings is 1. The predicted molar refractivity (Wildman–Crippen MR) is 131 cm³/mol. The van der Waals surface area contributed by atoms with Crippen molar-refractivity contribution in [2.24, 2.45) is 29.1 Å². The lowest BCUT2D eigenvalue weighted by molar-refractivity contribution is -0.133. The fourth-order valence-electron chi connectivity index (χ4n) is 7.23. The number of anilines is 1. The smallest absolute Gasteiger partial charge is 0.226 e. The SMILES string of the molecule is COc1ccc2c(c1)CCC1C2CCC2(C)C(=O)C(C=O)C(CCC(=O)Nc3ncc(C)s3)C12. The van der Waals surface area contributed by atoms with Crippen LogP contribution in [0.2, 0.25) is 0 Å². The molecule has 0 bridgehead atoms. The Morgan fingerprint density at radius 2 is 2.18 bits per heavy atom. The molecule has 0 radical (unpaired) electrons. The van der Waals surface area contributed by atoms with Gasteiger partial charge in [-0.1, -0.05) is 13.0 Å². The van der Waals surface area contributed by atoms with Crippen LogP contribution >= 0.6 is 11.3 Å². The quantitative estimate of drug-likeness (QED) is 0.467. The second-order valence-electron chi connectivity index (χ2n) is 10.4. The number of carbonyl (C=O) groups excluding carboxylic acids is 3. The molecule has 1 amide bonds. The van der Waals surface area contributed by atoms with E-state index in [0.29, 0.717) is 29.8 Å². The van der Waals surface area contributed by atoms with E-state index < -0.39 is 11.3 Å². The maximum absolute atomic E-state index is 13.5. The summed E-state index contributed by atoms with van der Waals surface area (Å²) in [7, 11) is 1.69. The van der Waals surface area contributed by atoms with Gasteiger partial charge < -0.3 is 14.8 Å². The Hall–Kier alpha value is -2.54. The standard InChI is InChI=1S/C27H32N2O4S/c1-15-13-28-26(34-15)29-23(31)9-8-21-22(14-30)25(32)27(2)11-10-19-18-7-5-17(33-3)12-16(18)4-6-20(19)24(21)27/h5,7,12-14,19-22,24H,4,6,8-11H2,1-3H3,(H,28,29,31). The van der Waals surface area contributed by atoms with Crippen molar-refractivity contribution >= 4 is 34.4 Å². The third-order valence-corrected chi connectivity index (χ3v) is 9.52. The first kappa shape index (κ1) is 23.2. The molecule has 3 aliphatic rings. The number of nitrogens with zero attached hydrogens (tertiary/aromatic N) is 1. The molecule has 1 N–H and O–H groups in total. The largest absolute Gasteiger partial charge is 0.497 e. The Kier molecular flexibility index (Phi) is 6.09. The van der Waals surface area contributed by atoms with E-state index in [-0.39, 0.29) is 23.5 Å². The van der Waals surface area contributed by atoms with Crippen molar-refractivity contribution in [2.45, 2.75) is 58.3 Å². The number of Topliss-reactive ketones (excluding diaryl/α,β-unsaturated/α-hetero) is 1. The molecule has 1 aromatic carbocycles. The van der Waals surface area contributed by atoms with E-state index in [4.69, 9.17) is 4.74 Å². The van der Waals surface area contributed by atoms with E-state index >= 15 is 0 Å². The van der Waals surface area contributed by atoms with Gasteiger partial charge in [-0.05, 0) is 86.0 Å².